The summed E-state index contributed by atoms with van der Waals surface area (Å²) in [6, 6.07) is 7.51. The summed E-state index contributed by atoms with van der Waals surface area (Å²) >= 11 is -2.43. The third-order valence-corrected chi connectivity index (χ3v) is 1.73. The van der Waals surface area contributed by atoms with Crippen molar-refractivity contribution < 1.29 is 12.9 Å². The van der Waals surface area contributed by atoms with Gasteiger partial charge in [0.15, 0.2) is 0 Å². The highest BCUT2D eigenvalue weighted by Crippen LogP contribution is 2.17. The van der Waals surface area contributed by atoms with Gasteiger partial charge in [-0.15, -0.1) is 0 Å². The van der Waals surface area contributed by atoms with Crippen LogP contribution < -0.4 is 4.18 Å². The first-order valence-electron chi connectivity index (χ1n) is 3.41. The number of benzene rings is 1. The first kappa shape index (κ1) is 10.2. The molecule has 1 atom stereocenters. The minimum Gasteiger partial charge on any atom is -0.380 e. The number of nitriles is 2. The van der Waals surface area contributed by atoms with Crippen molar-refractivity contribution in [2.24, 2.45) is 0 Å². The molecule has 0 aromatic heterocycles. The van der Waals surface area contributed by atoms with Gasteiger partial charge in [-0.2, -0.15) is 14.7 Å². The standard InChI is InChI=1S/C8H4N2O3S/c9-4-6-1-2-8(13-14(11)12)3-7(6)5-10/h1-3H,(H,11,12). The number of hydrogen-bond donors (Lipinski definition) is 1. The lowest BCUT2D eigenvalue weighted by molar-refractivity contribution is 0.458. The summed E-state index contributed by atoms with van der Waals surface area (Å²) in [6.45, 7) is 0. The molecule has 1 aromatic rings. The summed E-state index contributed by atoms with van der Waals surface area (Å²) in [6.07, 6.45) is 0. The molecule has 0 fully saturated rings. The molecule has 0 bridgehead atoms. The predicted molar refractivity (Wildman–Crippen MR) is 47.3 cm³/mol. The molecule has 70 valence electrons. The topological polar surface area (TPSA) is 94.1 Å². The van der Waals surface area contributed by atoms with Gasteiger partial charge >= 0.3 is 11.4 Å². The maximum atomic E-state index is 10.3. The molecular formula is C8H4N2O3S. The Balaban J connectivity index is 3.11. The molecule has 1 aromatic carbocycles. The zero-order valence-electron chi connectivity index (χ0n) is 6.80. The average molecular weight is 208 g/mol. The van der Waals surface area contributed by atoms with E-state index in [0.717, 1.165) is 0 Å². The van der Waals surface area contributed by atoms with Crippen molar-refractivity contribution in [1.82, 2.24) is 0 Å². The molecular weight excluding hydrogens is 204 g/mol. The van der Waals surface area contributed by atoms with Crippen molar-refractivity contribution in [3.63, 3.8) is 0 Å². The van der Waals surface area contributed by atoms with Crippen molar-refractivity contribution in [1.29, 1.82) is 10.5 Å². The fourth-order valence-corrected chi connectivity index (χ4v) is 1.12. The molecule has 1 rings (SSSR count). The van der Waals surface area contributed by atoms with Crippen molar-refractivity contribution in [2.45, 2.75) is 0 Å². The van der Waals surface area contributed by atoms with Gasteiger partial charge in [0, 0.05) is 6.07 Å². The summed E-state index contributed by atoms with van der Waals surface area (Å²) in [5.74, 6) is 0.0707. The van der Waals surface area contributed by atoms with E-state index < -0.39 is 11.4 Å². The van der Waals surface area contributed by atoms with Crippen LogP contribution in [-0.2, 0) is 11.4 Å². The van der Waals surface area contributed by atoms with Crippen molar-refractivity contribution in [3.05, 3.63) is 29.3 Å². The number of nitrogens with zero attached hydrogens (tertiary/aromatic N) is 2. The Morgan fingerprint density at radius 1 is 1.29 bits per heavy atom. The van der Waals surface area contributed by atoms with Gasteiger partial charge in [0.25, 0.3) is 0 Å². The zero-order chi connectivity index (χ0) is 10.6. The smallest absolute Gasteiger partial charge is 0.357 e. The van der Waals surface area contributed by atoms with Gasteiger partial charge in [0.1, 0.15) is 17.9 Å². The van der Waals surface area contributed by atoms with E-state index in [4.69, 9.17) is 15.1 Å². The molecule has 6 heteroatoms. The van der Waals surface area contributed by atoms with Crippen LogP contribution in [-0.4, -0.2) is 8.76 Å². The van der Waals surface area contributed by atoms with Gasteiger partial charge < -0.3 is 4.18 Å². The first-order chi connectivity index (χ1) is 6.67. The van der Waals surface area contributed by atoms with E-state index in [9.17, 15) is 4.21 Å². The van der Waals surface area contributed by atoms with Gasteiger partial charge in [0.2, 0.25) is 0 Å². The summed E-state index contributed by atoms with van der Waals surface area (Å²) in [5.41, 5.74) is 0.305. The Bertz CT molecular complexity index is 459. The third-order valence-electron chi connectivity index (χ3n) is 1.40. The highest BCUT2D eigenvalue weighted by molar-refractivity contribution is 7.74. The van der Waals surface area contributed by atoms with E-state index in [1.807, 2.05) is 6.07 Å². The molecule has 1 unspecified atom stereocenters. The Morgan fingerprint density at radius 2 is 1.93 bits per heavy atom. The van der Waals surface area contributed by atoms with Gasteiger partial charge in [-0.3, -0.25) is 4.55 Å². The second kappa shape index (κ2) is 4.38. The number of rotatable bonds is 2. The Morgan fingerprint density at radius 3 is 2.43 bits per heavy atom. The molecule has 0 saturated carbocycles. The van der Waals surface area contributed by atoms with Crippen LogP contribution in [0, 0.1) is 22.7 Å². The monoisotopic (exact) mass is 208 g/mol. The minimum atomic E-state index is -2.43. The molecule has 0 aliphatic heterocycles. The van der Waals surface area contributed by atoms with Gasteiger partial charge in [-0.25, -0.2) is 0 Å². The van der Waals surface area contributed by atoms with Crippen molar-refractivity contribution >= 4 is 11.4 Å². The summed E-state index contributed by atoms with van der Waals surface area (Å²) < 4.78 is 23.1. The molecule has 14 heavy (non-hydrogen) atoms. The Labute approximate surface area is 82.6 Å². The van der Waals surface area contributed by atoms with Crippen LogP contribution in [0.2, 0.25) is 0 Å². The first-order valence-corrected chi connectivity index (χ1v) is 4.44. The Kier molecular flexibility index (Phi) is 3.19. The minimum absolute atomic E-state index is 0.0707. The second-order valence-corrected chi connectivity index (χ2v) is 2.83. The van der Waals surface area contributed by atoms with E-state index in [0.29, 0.717) is 0 Å². The fourth-order valence-electron chi connectivity index (χ4n) is 0.848. The molecule has 0 amide bonds. The molecule has 5 nitrogen and oxygen atoms in total. The van der Waals surface area contributed by atoms with E-state index in [1.54, 1.807) is 6.07 Å². The molecule has 0 aliphatic rings. The lowest BCUT2D eigenvalue weighted by atomic mass is 10.1. The maximum absolute atomic E-state index is 10.3. The summed E-state index contributed by atoms with van der Waals surface area (Å²) in [5, 5.41) is 17.2. The molecule has 0 heterocycles. The largest absolute Gasteiger partial charge is 0.380 e. The van der Waals surface area contributed by atoms with E-state index in [-0.39, 0.29) is 16.9 Å². The quantitative estimate of drug-likeness (QED) is 0.730. The molecule has 0 saturated heterocycles. The predicted octanol–water partition coefficient (Wildman–Crippen LogP) is 0.945. The van der Waals surface area contributed by atoms with Crippen LogP contribution in [0.3, 0.4) is 0 Å². The second-order valence-electron chi connectivity index (χ2n) is 2.23. The van der Waals surface area contributed by atoms with Crippen molar-refractivity contribution in [2.75, 3.05) is 0 Å². The highest BCUT2D eigenvalue weighted by atomic mass is 32.2. The van der Waals surface area contributed by atoms with Crippen molar-refractivity contribution in [3.8, 4) is 17.9 Å². The van der Waals surface area contributed by atoms with Crippen LogP contribution in [0.15, 0.2) is 18.2 Å². The summed E-state index contributed by atoms with van der Waals surface area (Å²) in [4.78, 5) is 0. The van der Waals surface area contributed by atoms with E-state index >= 15 is 0 Å². The fraction of sp³-hybridized carbons (Fsp3) is 0. The molecule has 0 radical (unpaired) electrons. The molecule has 0 spiro atoms. The van der Waals surface area contributed by atoms with Crippen LogP contribution >= 0.6 is 0 Å². The van der Waals surface area contributed by atoms with E-state index in [1.165, 1.54) is 18.2 Å². The zero-order valence-corrected chi connectivity index (χ0v) is 7.61. The Hall–Kier alpha value is -1.89. The van der Waals surface area contributed by atoms with Crippen LogP contribution in [0.25, 0.3) is 0 Å². The maximum Gasteiger partial charge on any atom is 0.357 e. The van der Waals surface area contributed by atoms with E-state index in [2.05, 4.69) is 4.18 Å². The molecule has 0 aliphatic carbocycles. The van der Waals surface area contributed by atoms with Crippen LogP contribution in [0.1, 0.15) is 11.1 Å². The molecule has 1 N–H and O–H groups in total. The normalized spacial score (nSPS) is 11.1. The number of hydrogen-bond acceptors (Lipinski definition) is 4. The SMILES string of the molecule is N#Cc1ccc(OS(=O)O)cc1C#N. The highest BCUT2D eigenvalue weighted by Gasteiger charge is 2.05. The van der Waals surface area contributed by atoms with Crippen LogP contribution in [0.4, 0.5) is 0 Å². The lowest BCUT2D eigenvalue weighted by Gasteiger charge is -2.00. The van der Waals surface area contributed by atoms with Crippen LogP contribution in [0.5, 0.6) is 5.75 Å². The summed E-state index contributed by atoms with van der Waals surface area (Å²) in [7, 11) is 0. The van der Waals surface area contributed by atoms with Gasteiger partial charge in [0.05, 0.1) is 11.1 Å². The third kappa shape index (κ3) is 2.30. The van der Waals surface area contributed by atoms with Gasteiger partial charge in [-0.1, -0.05) is 0 Å². The average Bonchev–Trinajstić information content (AvgIpc) is 2.16. The lowest BCUT2D eigenvalue weighted by Crippen LogP contribution is -1.98. The van der Waals surface area contributed by atoms with Gasteiger partial charge in [-0.05, 0) is 12.1 Å².